The zero-order valence-electron chi connectivity index (χ0n) is 10.0. The zero-order valence-corrected chi connectivity index (χ0v) is 11.0. The first-order valence-corrected chi connectivity index (χ1v) is 6.41. The van der Waals surface area contributed by atoms with Crippen molar-refractivity contribution in [1.82, 2.24) is 0 Å². The highest BCUT2D eigenvalue weighted by Crippen LogP contribution is 2.26. The van der Waals surface area contributed by atoms with Crippen molar-refractivity contribution >= 4 is 19.1 Å². The highest BCUT2D eigenvalue weighted by Gasteiger charge is 2.26. The Labute approximate surface area is 96.7 Å². The maximum atomic E-state index is 12.1. The fourth-order valence-electron chi connectivity index (χ4n) is 1.37. The van der Waals surface area contributed by atoms with E-state index in [0.717, 1.165) is 0 Å². The Morgan fingerprint density at radius 3 is 2.31 bits per heavy atom. The molecule has 0 spiro atoms. The van der Waals surface area contributed by atoms with Crippen molar-refractivity contribution in [3.8, 4) is 0 Å². The Kier molecular flexibility index (Phi) is 4.06. The number of rotatable bonds is 3. The molecule has 0 aromatic heterocycles. The summed E-state index contributed by atoms with van der Waals surface area (Å²) in [5, 5.41) is 0.509. The molecule has 0 amide bonds. The molecular weight excluding hydrogens is 223 g/mol. The smallest absolute Gasteiger partial charge is 0.221 e. The number of carbonyl (C=O) groups is 1. The van der Waals surface area contributed by atoms with E-state index in [0.29, 0.717) is 10.9 Å². The van der Waals surface area contributed by atoms with Crippen LogP contribution in [0.5, 0.6) is 0 Å². The Bertz CT molecular complexity index is 419. The molecule has 3 nitrogen and oxygen atoms in total. The molecule has 0 saturated heterocycles. The Morgan fingerprint density at radius 2 is 1.81 bits per heavy atom. The first kappa shape index (κ1) is 13.1. The van der Waals surface area contributed by atoms with E-state index in [-0.39, 0.29) is 5.78 Å². The Balaban J connectivity index is 3.24. The van der Waals surface area contributed by atoms with Crippen LogP contribution in [0.25, 0.3) is 0 Å². The largest absolute Gasteiger partial charge is 0.331 e. The molecule has 1 rings (SSSR count). The van der Waals surface area contributed by atoms with E-state index >= 15 is 0 Å². The minimum Gasteiger partial charge on any atom is -0.331 e. The lowest BCUT2D eigenvalue weighted by molar-refractivity contribution is 0.0859. The van der Waals surface area contributed by atoms with Gasteiger partial charge in [-0.1, -0.05) is 39.0 Å². The lowest BCUT2D eigenvalue weighted by Crippen LogP contribution is -2.25. The normalized spacial score (nSPS) is 13.5. The molecule has 0 aliphatic heterocycles. The van der Waals surface area contributed by atoms with Gasteiger partial charge >= 0.3 is 0 Å². The topological polar surface area (TPSA) is 43.4 Å². The third kappa shape index (κ3) is 2.81. The molecular formula is C12H17O3P. The predicted octanol–water partition coefficient (Wildman–Crippen LogP) is 2.66. The molecule has 1 unspecified atom stereocenters. The van der Waals surface area contributed by atoms with Crippen LogP contribution in [0.15, 0.2) is 24.3 Å². The van der Waals surface area contributed by atoms with E-state index in [2.05, 4.69) is 0 Å². The summed E-state index contributed by atoms with van der Waals surface area (Å²) >= 11 is 0. The van der Waals surface area contributed by atoms with Crippen molar-refractivity contribution in [2.75, 3.05) is 7.11 Å². The summed E-state index contributed by atoms with van der Waals surface area (Å²) < 4.78 is 16.5. The summed E-state index contributed by atoms with van der Waals surface area (Å²) in [7, 11) is -0.923. The molecule has 88 valence electrons. The van der Waals surface area contributed by atoms with Gasteiger partial charge in [0.2, 0.25) is 8.03 Å². The molecule has 1 atom stereocenters. The van der Waals surface area contributed by atoms with E-state index in [9.17, 15) is 9.36 Å². The summed E-state index contributed by atoms with van der Waals surface area (Å²) in [6.45, 7) is 5.53. The fraction of sp³-hybridized carbons (Fsp3) is 0.417. The monoisotopic (exact) mass is 240 g/mol. The molecule has 0 heterocycles. The zero-order chi connectivity index (χ0) is 12.3. The number of hydrogen-bond acceptors (Lipinski definition) is 3. The maximum absolute atomic E-state index is 12.1. The second-order valence-corrected chi connectivity index (χ2v) is 6.14. The van der Waals surface area contributed by atoms with Crippen LogP contribution >= 0.6 is 8.03 Å². The average Bonchev–Trinajstić information content (AvgIpc) is 2.25. The molecule has 0 N–H and O–H groups in total. The lowest BCUT2D eigenvalue weighted by Gasteiger charge is -2.18. The molecule has 0 saturated carbocycles. The standard InChI is InChI=1S/C12H17O3P/c1-12(2,3)11(13)9-7-5-6-8-10(9)16(14)15-4/h5-8,16H,1-4H3. The van der Waals surface area contributed by atoms with Crippen LogP contribution in [0.3, 0.4) is 0 Å². The van der Waals surface area contributed by atoms with Gasteiger partial charge in [0.1, 0.15) is 0 Å². The third-order valence-electron chi connectivity index (χ3n) is 2.26. The van der Waals surface area contributed by atoms with Gasteiger partial charge in [-0.3, -0.25) is 9.36 Å². The second-order valence-electron chi connectivity index (χ2n) is 4.62. The van der Waals surface area contributed by atoms with Crippen LogP contribution in [0, 0.1) is 5.41 Å². The molecule has 0 aliphatic rings. The van der Waals surface area contributed by atoms with Crippen LogP contribution < -0.4 is 5.30 Å². The summed E-state index contributed by atoms with van der Waals surface area (Å²) in [5.74, 6) is -0.0153. The number of Topliss-reactive ketones (excluding diaryl/α,β-unsaturated/α-hetero) is 1. The third-order valence-corrected chi connectivity index (χ3v) is 3.50. The molecule has 1 aromatic rings. The quantitative estimate of drug-likeness (QED) is 0.602. The van der Waals surface area contributed by atoms with Crippen molar-refractivity contribution in [2.45, 2.75) is 20.8 Å². The minimum atomic E-state index is -2.31. The summed E-state index contributed by atoms with van der Waals surface area (Å²) in [6, 6.07) is 6.91. The number of hydrogen-bond donors (Lipinski definition) is 0. The molecule has 0 bridgehead atoms. The van der Waals surface area contributed by atoms with E-state index in [1.807, 2.05) is 20.8 Å². The average molecular weight is 240 g/mol. The first-order valence-electron chi connectivity index (χ1n) is 5.10. The highest BCUT2D eigenvalue weighted by molar-refractivity contribution is 7.48. The van der Waals surface area contributed by atoms with Gasteiger partial charge in [0, 0.05) is 23.4 Å². The Hall–Kier alpha value is -0.920. The molecule has 0 radical (unpaired) electrons. The SMILES string of the molecule is CO[PH](=O)c1ccccc1C(=O)C(C)(C)C. The van der Waals surface area contributed by atoms with Crippen LogP contribution in [0.4, 0.5) is 0 Å². The van der Waals surface area contributed by atoms with Gasteiger partial charge in [-0.25, -0.2) is 0 Å². The van der Waals surface area contributed by atoms with Gasteiger partial charge in [0.25, 0.3) is 0 Å². The van der Waals surface area contributed by atoms with E-state index in [1.165, 1.54) is 7.11 Å². The van der Waals surface area contributed by atoms with Crippen molar-refractivity contribution in [3.63, 3.8) is 0 Å². The fourth-order valence-corrected chi connectivity index (χ4v) is 2.24. The van der Waals surface area contributed by atoms with Crippen molar-refractivity contribution < 1.29 is 13.9 Å². The number of ketones is 1. The first-order chi connectivity index (χ1) is 7.38. The van der Waals surface area contributed by atoms with E-state index in [4.69, 9.17) is 4.52 Å². The Morgan fingerprint density at radius 1 is 1.25 bits per heavy atom. The van der Waals surface area contributed by atoms with Crippen molar-refractivity contribution in [3.05, 3.63) is 29.8 Å². The highest BCUT2D eigenvalue weighted by atomic mass is 31.1. The van der Waals surface area contributed by atoms with Crippen molar-refractivity contribution in [2.24, 2.45) is 5.41 Å². The van der Waals surface area contributed by atoms with E-state index in [1.54, 1.807) is 24.3 Å². The maximum Gasteiger partial charge on any atom is 0.221 e. The molecule has 16 heavy (non-hydrogen) atoms. The van der Waals surface area contributed by atoms with Gasteiger partial charge in [0.05, 0.1) is 0 Å². The summed E-state index contributed by atoms with van der Waals surface area (Å²) in [4.78, 5) is 12.1. The molecule has 4 heteroatoms. The second kappa shape index (κ2) is 4.94. The lowest BCUT2D eigenvalue weighted by atomic mass is 9.86. The minimum absolute atomic E-state index is 0.0153. The van der Waals surface area contributed by atoms with Gasteiger partial charge in [-0.15, -0.1) is 0 Å². The molecule has 0 fully saturated rings. The van der Waals surface area contributed by atoms with Crippen molar-refractivity contribution in [1.29, 1.82) is 0 Å². The van der Waals surface area contributed by atoms with Crippen LogP contribution in [0.2, 0.25) is 0 Å². The van der Waals surface area contributed by atoms with Gasteiger partial charge in [-0.2, -0.15) is 0 Å². The predicted molar refractivity (Wildman–Crippen MR) is 65.9 cm³/mol. The van der Waals surface area contributed by atoms with E-state index < -0.39 is 13.4 Å². The summed E-state index contributed by atoms with van der Waals surface area (Å²) in [5.41, 5.74) is 0.0205. The van der Waals surface area contributed by atoms with Gasteiger partial charge < -0.3 is 4.52 Å². The van der Waals surface area contributed by atoms with Crippen LogP contribution in [-0.4, -0.2) is 12.9 Å². The number of carbonyl (C=O) groups excluding carboxylic acids is 1. The van der Waals surface area contributed by atoms with Gasteiger partial charge in [0.15, 0.2) is 5.78 Å². The molecule has 1 aromatic carbocycles. The molecule has 0 aliphatic carbocycles. The summed E-state index contributed by atoms with van der Waals surface area (Å²) in [6.07, 6.45) is 0. The number of benzene rings is 1. The van der Waals surface area contributed by atoms with Crippen LogP contribution in [-0.2, 0) is 9.09 Å². The van der Waals surface area contributed by atoms with Gasteiger partial charge in [-0.05, 0) is 6.07 Å². The van der Waals surface area contributed by atoms with Crippen LogP contribution in [0.1, 0.15) is 31.1 Å².